The second kappa shape index (κ2) is 48.5. The van der Waals surface area contributed by atoms with Crippen molar-refractivity contribution in [1.29, 1.82) is 0 Å². The smallest absolute Gasteiger partial charge is 0.227 e. The number of anilines is 4. The molecule has 1 aliphatic rings. The van der Waals surface area contributed by atoms with Crippen LogP contribution in [0.25, 0.3) is 0 Å². The number of amides is 2. The fourth-order valence-corrected chi connectivity index (χ4v) is 11.8. The molecular weight excluding hydrogens is 1010 g/mol. The number of allylic oxidation sites excluding steroid dienone is 4. The van der Waals surface area contributed by atoms with Crippen LogP contribution < -0.4 is 16.0 Å². The van der Waals surface area contributed by atoms with Crippen LogP contribution in [-0.4, -0.2) is 23.2 Å². The lowest BCUT2D eigenvalue weighted by molar-refractivity contribution is -0.121. The quantitative estimate of drug-likeness (QED) is 0.0388. The van der Waals surface area contributed by atoms with Gasteiger partial charge >= 0.3 is 0 Å². The lowest BCUT2D eigenvalue weighted by atomic mass is 9.93. The molecule has 0 aliphatic heterocycles. The zero-order chi connectivity index (χ0) is 58.9. The standard InChI is InChI=1S/C76H121N5O2/c1-5-9-13-17-21-25-29-33-37-41-45-65(46-42-38-34-30-26-22-18-14-10-6-2)75(82)80-73-61-57-71(58-62-73)78-69-53-49-67(50-54-69)77-68-51-55-70(56-52-68)79-72-59-63-74(64-60-72)81-76(83)66(47-43-39-35-31-27-23-19-15-11-7-3)48-44-40-36-32-28-24-20-16-12-8-4/h49-66,78H,5-48H2,1-4H3,(H,80,82)(H,81,83). The van der Waals surface area contributed by atoms with Crippen LogP contribution in [-0.2, 0) is 9.59 Å². The molecule has 462 valence electrons. The molecule has 3 N–H and O–H groups in total. The predicted molar refractivity (Wildman–Crippen MR) is 365 cm³/mol. The SMILES string of the molecule is CCCCCCCCCCCCC(CCCCCCCCCCCC)C(=O)Nc1ccc(N=C2C=CC(=Nc3ccc(Nc4ccc(NC(=O)C(CCCCCCCCCCCC)CCCCCCCCCCCC)cc4)cc3)C=C2)cc1. The molecule has 0 unspecified atom stereocenters. The van der Waals surface area contributed by atoms with E-state index in [1.807, 2.05) is 97.1 Å². The van der Waals surface area contributed by atoms with E-state index in [1.165, 1.54) is 231 Å². The topological polar surface area (TPSA) is 94.9 Å². The summed E-state index contributed by atoms with van der Waals surface area (Å²) in [4.78, 5) is 37.2. The molecule has 0 heterocycles. The third-order valence-corrected chi connectivity index (χ3v) is 17.2. The van der Waals surface area contributed by atoms with Crippen molar-refractivity contribution in [2.24, 2.45) is 21.8 Å². The maximum atomic E-state index is 13.7. The lowest BCUT2D eigenvalue weighted by Crippen LogP contribution is -2.23. The maximum absolute atomic E-state index is 13.7. The number of carbonyl (C=O) groups is 2. The summed E-state index contributed by atoms with van der Waals surface area (Å²) in [6.45, 7) is 9.14. The maximum Gasteiger partial charge on any atom is 0.227 e. The Labute approximate surface area is 509 Å². The molecule has 0 fully saturated rings. The largest absolute Gasteiger partial charge is 0.356 e. The summed E-state index contributed by atoms with van der Waals surface area (Å²) >= 11 is 0. The van der Waals surface area contributed by atoms with Gasteiger partial charge in [0, 0.05) is 34.6 Å². The van der Waals surface area contributed by atoms with E-state index in [0.717, 1.165) is 96.9 Å². The van der Waals surface area contributed by atoms with E-state index >= 15 is 0 Å². The Bertz CT molecular complexity index is 2120. The van der Waals surface area contributed by atoms with Crippen molar-refractivity contribution in [1.82, 2.24) is 0 Å². The molecule has 0 saturated heterocycles. The van der Waals surface area contributed by atoms with Gasteiger partial charge in [0.1, 0.15) is 0 Å². The Morgan fingerprint density at radius 2 is 0.494 bits per heavy atom. The summed E-state index contributed by atoms with van der Waals surface area (Å²) in [6.07, 6.45) is 64.6. The molecule has 1 aliphatic carbocycles. The first kappa shape index (κ1) is 70.7. The molecule has 2 amide bonds. The van der Waals surface area contributed by atoms with Crippen molar-refractivity contribution in [3.05, 3.63) is 97.1 Å². The molecule has 0 radical (unpaired) electrons. The molecular formula is C76H121N5O2. The van der Waals surface area contributed by atoms with Crippen LogP contribution in [0.4, 0.5) is 34.1 Å². The number of hydrogen-bond donors (Lipinski definition) is 3. The zero-order valence-electron chi connectivity index (χ0n) is 53.7. The third-order valence-electron chi connectivity index (χ3n) is 17.2. The minimum Gasteiger partial charge on any atom is -0.356 e. The summed E-state index contributed by atoms with van der Waals surface area (Å²) in [6, 6.07) is 24.2. The van der Waals surface area contributed by atoms with Gasteiger partial charge in [-0.1, -0.05) is 285 Å². The number of hydrogen-bond acceptors (Lipinski definition) is 5. The number of nitrogens with zero attached hydrogens (tertiary/aromatic N) is 2. The molecule has 3 aromatic rings. The van der Waals surface area contributed by atoms with Gasteiger partial charge in [0.25, 0.3) is 0 Å². The van der Waals surface area contributed by atoms with E-state index in [9.17, 15) is 9.59 Å². The average Bonchev–Trinajstić information content (AvgIpc) is 3.52. The summed E-state index contributed by atoms with van der Waals surface area (Å²) in [5.41, 5.74) is 7.07. The van der Waals surface area contributed by atoms with Crippen LogP contribution in [0.15, 0.2) is 107 Å². The van der Waals surface area contributed by atoms with Crippen LogP contribution in [0, 0.1) is 11.8 Å². The molecule has 7 heteroatoms. The summed E-state index contributed by atoms with van der Waals surface area (Å²) in [5.74, 6) is 0.495. The van der Waals surface area contributed by atoms with Crippen molar-refractivity contribution in [3.63, 3.8) is 0 Å². The molecule has 0 spiro atoms. The first-order valence-electron chi connectivity index (χ1n) is 35.1. The van der Waals surface area contributed by atoms with Crippen molar-refractivity contribution in [3.8, 4) is 0 Å². The highest BCUT2D eigenvalue weighted by atomic mass is 16.2. The minimum absolute atomic E-state index is 0.0675. The number of carbonyl (C=O) groups excluding carboxylic acids is 2. The summed E-state index contributed by atoms with van der Waals surface area (Å²) < 4.78 is 0. The van der Waals surface area contributed by atoms with Gasteiger partial charge in [-0.15, -0.1) is 0 Å². The van der Waals surface area contributed by atoms with Crippen LogP contribution in [0.3, 0.4) is 0 Å². The van der Waals surface area contributed by atoms with E-state index in [2.05, 4.69) is 43.6 Å². The molecule has 0 atom stereocenters. The molecule has 0 saturated carbocycles. The highest BCUT2D eigenvalue weighted by Gasteiger charge is 2.20. The Balaban J connectivity index is 1.21. The molecule has 3 aromatic carbocycles. The normalized spacial score (nSPS) is 12.2. The van der Waals surface area contributed by atoms with E-state index < -0.39 is 0 Å². The number of nitrogens with one attached hydrogen (secondary N) is 3. The molecule has 7 nitrogen and oxygen atoms in total. The monoisotopic (exact) mass is 1140 g/mol. The highest BCUT2D eigenvalue weighted by Crippen LogP contribution is 2.28. The Morgan fingerprint density at radius 1 is 0.289 bits per heavy atom. The molecule has 4 rings (SSSR count). The van der Waals surface area contributed by atoms with Gasteiger partial charge in [0.05, 0.1) is 22.8 Å². The molecule has 0 bridgehead atoms. The lowest BCUT2D eigenvalue weighted by Gasteiger charge is -2.17. The molecule has 0 aromatic heterocycles. The third kappa shape index (κ3) is 35.3. The van der Waals surface area contributed by atoms with Crippen LogP contribution >= 0.6 is 0 Å². The Morgan fingerprint density at radius 3 is 0.747 bits per heavy atom. The second-order valence-corrected chi connectivity index (χ2v) is 24.8. The second-order valence-electron chi connectivity index (χ2n) is 24.8. The number of benzene rings is 3. The predicted octanol–water partition coefficient (Wildman–Crippen LogP) is 24.8. The van der Waals surface area contributed by atoms with Gasteiger partial charge in [-0.05, 0) is 123 Å². The first-order chi connectivity index (χ1) is 40.9. The van der Waals surface area contributed by atoms with Crippen molar-refractivity contribution in [2.45, 2.75) is 310 Å². The van der Waals surface area contributed by atoms with Gasteiger partial charge in [0.15, 0.2) is 0 Å². The van der Waals surface area contributed by atoms with E-state index in [0.29, 0.717) is 0 Å². The fraction of sp³-hybridized carbons (Fsp3) is 0.658. The fourth-order valence-electron chi connectivity index (χ4n) is 11.8. The Kier molecular flexibility index (Phi) is 41.3. The Hall–Kier alpha value is -4.78. The number of rotatable bonds is 52. The average molecular weight is 1140 g/mol. The zero-order valence-corrected chi connectivity index (χ0v) is 53.7. The van der Waals surface area contributed by atoms with Gasteiger partial charge in [0.2, 0.25) is 11.8 Å². The van der Waals surface area contributed by atoms with Crippen molar-refractivity contribution >= 4 is 57.4 Å². The summed E-state index contributed by atoms with van der Waals surface area (Å²) in [7, 11) is 0. The number of unbranched alkanes of at least 4 members (excludes halogenated alkanes) is 36. The van der Waals surface area contributed by atoms with Crippen LogP contribution in [0.5, 0.6) is 0 Å². The van der Waals surface area contributed by atoms with Gasteiger partial charge in [-0.2, -0.15) is 0 Å². The van der Waals surface area contributed by atoms with E-state index in [-0.39, 0.29) is 23.7 Å². The summed E-state index contributed by atoms with van der Waals surface area (Å²) in [5, 5.41) is 10.1. The minimum atomic E-state index is 0.0675. The van der Waals surface area contributed by atoms with Crippen molar-refractivity contribution in [2.75, 3.05) is 16.0 Å². The van der Waals surface area contributed by atoms with Crippen molar-refractivity contribution < 1.29 is 9.59 Å². The molecule has 83 heavy (non-hydrogen) atoms. The first-order valence-corrected chi connectivity index (χ1v) is 35.1. The van der Waals surface area contributed by atoms with E-state index in [1.54, 1.807) is 0 Å². The van der Waals surface area contributed by atoms with Crippen LogP contribution in [0.2, 0.25) is 0 Å². The van der Waals surface area contributed by atoms with Gasteiger partial charge in [-0.3, -0.25) is 9.59 Å². The number of aliphatic imine (C=N–C) groups is 2. The van der Waals surface area contributed by atoms with Gasteiger partial charge in [-0.25, -0.2) is 9.98 Å². The van der Waals surface area contributed by atoms with Crippen LogP contribution in [0.1, 0.15) is 310 Å². The highest BCUT2D eigenvalue weighted by molar-refractivity contribution is 6.19. The van der Waals surface area contributed by atoms with E-state index in [4.69, 9.17) is 9.98 Å². The van der Waals surface area contributed by atoms with Gasteiger partial charge < -0.3 is 16.0 Å².